The zero-order chi connectivity index (χ0) is 16.3. The van der Waals surface area contributed by atoms with Gasteiger partial charge in [-0.05, 0) is 31.2 Å². The molecule has 0 aliphatic rings. The molecular formula is C13H13ClN4O3S. The predicted molar refractivity (Wildman–Crippen MR) is 80.4 cm³/mol. The van der Waals surface area contributed by atoms with Crippen LogP contribution in [0, 0.1) is 6.92 Å². The van der Waals surface area contributed by atoms with Gasteiger partial charge in [0, 0.05) is 0 Å². The Balaban J connectivity index is 2.56. The fraction of sp³-hybridized carbons (Fsp3) is 0.154. The van der Waals surface area contributed by atoms with E-state index in [1.807, 2.05) is 6.92 Å². The second-order valence-corrected chi connectivity index (χ2v) is 6.51. The Morgan fingerprint density at radius 2 is 1.91 bits per heavy atom. The minimum atomic E-state index is -3.93. The Morgan fingerprint density at radius 3 is 2.50 bits per heavy atom. The fourth-order valence-corrected chi connectivity index (χ4v) is 2.80. The van der Waals surface area contributed by atoms with Crippen LogP contribution in [0.4, 0.5) is 0 Å². The molecule has 0 aliphatic carbocycles. The highest BCUT2D eigenvalue weighted by atomic mass is 35.5. The van der Waals surface area contributed by atoms with Gasteiger partial charge in [-0.2, -0.15) is 13.5 Å². The number of primary amides is 1. The number of rotatable bonds is 4. The normalized spacial score (nSPS) is 12.4. The summed E-state index contributed by atoms with van der Waals surface area (Å²) in [6, 6.07) is 8.97. The van der Waals surface area contributed by atoms with E-state index in [1.165, 1.54) is 24.3 Å². The summed E-state index contributed by atoms with van der Waals surface area (Å²) in [7, 11) is -3.93. The van der Waals surface area contributed by atoms with Crippen molar-refractivity contribution in [3.63, 3.8) is 0 Å². The van der Waals surface area contributed by atoms with Crippen LogP contribution in [0.2, 0.25) is 5.15 Å². The molecule has 0 fully saturated rings. The molecule has 0 bridgehead atoms. The summed E-state index contributed by atoms with van der Waals surface area (Å²) in [4.78, 5) is 11.1. The number of amides is 1. The number of aryl methyl sites for hydroxylation is 1. The van der Waals surface area contributed by atoms with Crippen molar-refractivity contribution in [2.45, 2.75) is 18.4 Å². The minimum Gasteiger partial charge on any atom is -0.368 e. The van der Waals surface area contributed by atoms with Crippen molar-refractivity contribution in [3.05, 3.63) is 52.6 Å². The number of carbonyl (C=O) groups excluding carboxylic acids is 1. The molecule has 0 unspecified atom stereocenters. The van der Waals surface area contributed by atoms with Crippen molar-refractivity contribution in [1.29, 1.82) is 0 Å². The van der Waals surface area contributed by atoms with Gasteiger partial charge < -0.3 is 5.73 Å². The summed E-state index contributed by atoms with van der Waals surface area (Å²) in [6.07, 6.45) is 0. The number of nitrogens with two attached hydrogens (primary N) is 1. The van der Waals surface area contributed by atoms with Gasteiger partial charge in [0.1, 0.15) is 11.7 Å². The SMILES string of the molecule is Cc1ccc(S(=O)(=O)/N=c2\ccc(Cl)nn2CC(N)=O)cc1. The molecule has 9 heteroatoms. The first-order chi connectivity index (χ1) is 10.3. The molecule has 1 aromatic carbocycles. The van der Waals surface area contributed by atoms with Crippen molar-refractivity contribution in [1.82, 2.24) is 9.78 Å². The van der Waals surface area contributed by atoms with E-state index in [9.17, 15) is 13.2 Å². The zero-order valence-electron chi connectivity index (χ0n) is 11.6. The van der Waals surface area contributed by atoms with E-state index in [2.05, 4.69) is 9.50 Å². The van der Waals surface area contributed by atoms with E-state index in [-0.39, 0.29) is 22.1 Å². The zero-order valence-corrected chi connectivity index (χ0v) is 13.2. The van der Waals surface area contributed by atoms with Crippen LogP contribution in [0.15, 0.2) is 45.7 Å². The highest BCUT2D eigenvalue weighted by Crippen LogP contribution is 2.12. The summed E-state index contributed by atoms with van der Waals surface area (Å²) >= 11 is 5.73. The lowest BCUT2D eigenvalue weighted by Crippen LogP contribution is -2.31. The summed E-state index contributed by atoms with van der Waals surface area (Å²) in [5, 5.41) is 3.92. The van der Waals surface area contributed by atoms with E-state index in [0.717, 1.165) is 10.2 Å². The Morgan fingerprint density at radius 1 is 1.27 bits per heavy atom. The molecule has 1 amide bonds. The van der Waals surface area contributed by atoms with E-state index >= 15 is 0 Å². The number of sulfonamides is 1. The van der Waals surface area contributed by atoms with Gasteiger partial charge in [-0.3, -0.25) is 4.79 Å². The van der Waals surface area contributed by atoms with Gasteiger partial charge >= 0.3 is 0 Å². The molecule has 2 N–H and O–H groups in total. The third-order valence-corrected chi connectivity index (χ3v) is 4.19. The lowest BCUT2D eigenvalue weighted by Gasteiger charge is -2.04. The molecule has 0 aliphatic heterocycles. The fourth-order valence-electron chi connectivity index (χ4n) is 1.66. The Hall–Kier alpha value is -2.19. The topological polar surface area (TPSA) is 107 Å². The molecule has 0 atom stereocenters. The Labute approximate surface area is 132 Å². The van der Waals surface area contributed by atoms with E-state index < -0.39 is 15.9 Å². The van der Waals surface area contributed by atoms with Gasteiger partial charge in [0.2, 0.25) is 5.91 Å². The van der Waals surface area contributed by atoms with Crippen molar-refractivity contribution >= 4 is 27.5 Å². The van der Waals surface area contributed by atoms with Gasteiger partial charge in [-0.25, -0.2) is 4.68 Å². The van der Waals surface area contributed by atoms with Gasteiger partial charge in [0.15, 0.2) is 5.49 Å². The lowest BCUT2D eigenvalue weighted by molar-refractivity contribution is -0.118. The van der Waals surface area contributed by atoms with Crippen molar-refractivity contribution in [2.24, 2.45) is 10.1 Å². The molecule has 2 rings (SSSR count). The number of hydrogen-bond acceptors (Lipinski definition) is 4. The third kappa shape index (κ3) is 3.92. The van der Waals surface area contributed by atoms with Crippen molar-refractivity contribution in [3.8, 4) is 0 Å². The van der Waals surface area contributed by atoms with Crippen molar-refractivity contribution < 1.29 is 13.2 Å². The molecule has 0 saturated carbocycles. The first-order valence-corrected chi connectivity index (χ1v) is 7.99. The highest BCUT2D eigenvalue weighted by Gasteiger charge is 2.13. The van der Waals surface area contributed by atoms with Crippen LogP contribution in [0.3, 0.4) is 0 Å². The van der Waals surface area contributed by atoms with Crippen LogP contribution in [0.25, 0.3) is 0 Å². The van der Waals surface area contributed by atoms with Crippen LogP contribution in [0.1, 0.15) is 5.56 Å². The van der Waals surface area contributed by atoms with Gasteiger partial charge in [0.05, 0.1) is 4.90 Å². The Bertz CT molecular complexity index is 873. The maximum atomic E-state index is 12.3. The number of nitrogens with zero attached hydrogens (tertiary/aromatic N) is 3. The molecular weight excluding hydrogens is 328 g/mol. The average Bonchev–Trinajstić information content (AvgIpc) is 2.41. The second kappa shape index (κ2) is 6.29. The first-order valence-electron chi connectivity index (χ1n) is 6.17. The number of benzene rings is 1. The number of carbonyl (C=O) groups is 1. The molecule has 2 aromatic rings. The molecule has 1 aromatic heterocycles. The quantitative estimate of drug-likeness (QED) is 0.880. The molecule has 0 radical (unpaired) electrons. The summed E-state index contributed by atoms with van der Waals surface area (Å²) < 4.78 is 29.3. The summed E-state index contributed by atoms with van der Waals surface area (Å²) in [5.74, 6) is -0.691. The van der Waals surface area contributed by atoms with Crippen LogP contribution >= 0.6 is 11.6 Å². The average molecular weight is 341 g/mol. The standard InChI is InChI=1S/C13H13ClN4O3S/c1-9-2-4-10(5-3-9)22(20,21)17-13-7-6-11(14)16-18(13)8-12(15)19/h2-7H,8H2,1H3,(H2,15,19)/b17-13+. The largest absolute Gasteiger partial charge is 0.368 e. The van der Waals surface area contributed by atoms with E-state index in [4.69, 9.17) is 17.3 Å². The molecule has 7 nitrogen and oxygen atoms in total. The van der Waals surface area contributed by atoms with E-state index in [0.29, 0.717) is 0 Å². The molecule has 0 spiro atoms. The minimum absolute atomic E-state index is 0.0382. The molecule has 22 heavy (non-hydrogen) atoms. The first kappa shape index (κ1) is 16.2. The second-order valence-electron chi connectivity index (χ2n) is 4.52. The maximum Gasteiger partial charge on any atom is 0.284 e. The van der Waals surface area contributed by atoms with Gasteiger partial charge in [0.25, 0.3) is 10.0 Å². The monoisotopic (exact) mass is 340 g/mol. The van der Waals surface area contributed by atoms with E-state index in [1.54, 1.807) is 12.1 Å². The maximum absolute atomic E-state index is 12.3. The number of aromatic nitrogens is 2. The van der Waals surface area contributed by atoms with Crippen LogP contribution < -0.4 is 11.2 Å². The van der Waals surface area contributed by atoms with Crippen molar-refractivity contribution in [2.75, 3.05) is 0 Å². The lowest BCUT2D eigenvalue weighted by atomic mass is 10.2. The number of halogens is 1. The predicted octanol–water partition coefficient (Wildman–Crippen LogP) is 0.620. The van der Waals surface area contributed by atoms with Gasteiger partial charge in [-0.15, -0.1) is 4.40 Å². The van der Waals surface area contributed by atoms with Crippen LogP contribution in [-0.2, 0) is 21.4 Å². The Kier molecular flexibility index (Phi) is 4.62. The third-order valence-electron chi connectivity index (χ3n) is 2.69. The summed E-state index contributed by atoms with van der Waals surface area (Å²) in [5.41, 5.74) is 5.99. The number of hydrogen-bond donors (Lipinski definition) is 1. The molecule has 0 saturated heterocycles. The summed E-state index contributed by atoms with van der Waals surface area (Å²) in [6.45, 7) is 1.51. The van der Waals surface area contributed by atoms with Gasteiger partial charge in [-0.1, -0.05) is 29.3 Å². The molecule has 1 heterocycles. The highest BCUT2D eigenvalue weighted by molar-refractivity contribution is 7.90. The smallest absolute Gasteiger partial charge is 0.284 e. The van der Waals surface area contributed by atoms with Crippen LogP contribution in [-0.4, -0.2) is 24.1 Å². The van der Waals surface area contributed by atoms with Crippen LogP contribution in [0.5, 0.6) is 0 Å². The molecule has 116 valence electrons.